The number of amides is 1. The molecule has 0 fully saturated rings. The number of ether oxygens (including phenoxy) is 1. The fourth-order valence-electron chi connectivity index (χ4n) is 3.76. The zero-order chi connectivity index (χ0) is 22.9. The van der Waals surface area contributed by atoms with Gasteiger partial charge < -0.3 is 19.8 Å². The monoisotopic (exact) mass is 505 g/mol. The minimum Gasteiger partial charge on any atom is -0.491 e. The van der Waals surface area contributed by atoms with Crippen molar-refractivity contribution in [2.45, 2.75) is 19.0 Å². The van der Waals surface area contributed by atoms with Crippen LogP contribution in [0.15, 0.2) is 41.0 Å². The molecule has 32 heavy (non-hydrogen) atoms. The van der Waals surface area contributed by atoms with Crippen LogP contribution in [0, 0.1) is 11.8 Å². The molecule has 0 saturated heterocycles. The summed E-state index contributed by atoms with van der Waals surface area (Å²) in [6, 6.07) is 8.57. The number of benzene rings is 1. The van der Waals surface area contributed by atoms with Crippen LogP contribution in [-0.2, 0) is 12.8 Å². The van der Waals surface area contributed by atoms with Crippen LogP contribution in [0.4, 0.5) is 18.9 Å². The molecule has 1 amide bonds. The third kappa shape index (κ3) is 4.41. The highest BCUT2D eigenvalue weighted by Gasteiger charge is 2.31. The Morgan fingerprint density at radius 2 is 2.12 bits per heavy atom. The van der Waals surface area contributed by atoms with Crippen LogP contribution < -0.4 is 15.4 Å². The number of alkyl halides is 3. The van der Waals surface area contributed by atoms with Gasteiger partial charge in [-0.15, -0.1) is 0 Å². The van der Waals surface area contributed by atoms with Crippen molar-refractivity contribution < 1.29 is 22.7 Å². The summed E-state index contributed by atoms with van der Waals surface area (Å²) < 4.78 is 47.3. The van der Waals surface area contributed by atoms with Gasteiger partial charge in [0, 0.05) is 46.5 Å². The number of carbonyl (C=O) groups excluding carboxylic acids is 1. The lowest BCUT2D eigenvalue weighted by Gasteiger charge is -2.11. The maximum absolute atomic E-state index is 13.2. The summed E-state index contributed by atoms with van der Waals surface area (Å²) in [4.78, 5) is 12.0. The number of nitrogens with one attached hydrogen (secondary N) is 2. The minimum absolute atomic E-state index is 0.0976. The van der Waals surface area contributed by atoms with Crippen molar-refractivity contribution in [1.29, 1.82) is 0 Å². The fourth-order valence-corrected chi connectivity index (χ4v) is 4.22. The van der Waals surface area contributed by atoms with E-state index in [0.29, 0.717) is 45.6 Å². The smallest absolute Gasteiger partial charge is 0.394 e. The number of nitrogens with zero attached hydrogens (tertiary/aromatic N) is 1. The average Bonchev–Trinajstić information content (AvgIpc) is 3.36. The number of hydrogen-bond donors (Lipinski definition) is 2. The number of fused-ring (bicyclic) bond motifs is 2. The van der Waals surface area contributed by atoms with Gasteiger partial charge in [-0.3, -0.25) is 4.79 Å². The molecule has 0 spiro atoms. The van der Waals surface area contributed by atoms with Crippen LogP contribution in [0.25, 0.3) is 5.52 Å². The van der Waals surface area contributed by atoms with Crippen LogP contribution in [-0.4, -0.2) is 36.7 Å². The van der Waals surface area contributed by atoms with Crippen LogP contribution >= 0.6 is 15.9 Å². The lowest BCUT2D eigenvalue weighted by molar-refractivity contribution is -0.128. The summed E-state index contributed by atoms with van der Waals surface area (Å²) >= 11 is 3.38. The second-order valence-corrected chi connectivity index (χ2v) is 8.06. The predicted octanol–water partition coefficient (Wildman–Crippen LogP) is 4.56. The number of anilines is 1. The SMILES string of the molecule is CNC(=O)c1ccc(NCC#Cc2cc3c(Br)cccn3c2CC(F)(F)F)c2c1CCO2. The number of rotatable bonds is 4. The van der Waals surface area contributed by atoms with Crippen LogP contribution in [0.1, 0.15) is 27.2 Å². The molecule has 9 heteroatoms. The Kier molecular flexibility index (Phi) is 6.07. The molecule has 0 radical (unpaired) electrons. The van der Waals surface area contributed by atoms with E-state index in [4.69, 9.17) is 4.74 Å². The average molecular weight is 506 g/mol. The Morgan fingerprint density at radius 1 is 1.31 bits per heavy atom. The number of pyridine rings is 1. The Balaban J connectivity index is 1.58. The van der Waals surface area contributed by atoms with Crippen molar-refractivity contribution >= 4 is 33.0 Å². The van der Waals surface area contributed by atoms with E-state index in [2.05, 4.69) is 38.4 Å². The third-order valence-electron chi connectivity index (χ3n) is 5.15. The van der Waals surface area contributed by atoms with Gasteiger partial charge in [0.05, 0.1) is 30.8 Å². The summed E-state index contributed by atoms with van der Waals surface area (Å²) in [6.45, 7) is 0.685. The molecule has 1 aliphatic rings. The molecular formula is C23H19BrF3N3O2. The third-order valence-corrected chi connectivity index (χ3v) is 5.82. The normalized spacial score (nSPS) is 12.7. The van der Waals surface area contributed by atoms with Gasteiger partial charge in [-0.05, 0) is 46.3 Å². The zero-order valence-electron chi connectivity index (χ0n) is 17.1. The summed E-state index contributed by atoms with van der Waals surface area (Å²) in [5, 5.41) is 5.76. The van der Waals surface area contributed by atoms with Crippen LogP contribution in [0.3, 0.4) is 0 Å². The molecule has 166 valence electrons. The zero-order valence-corrected chi connectivity index (χ0v) is 18.7. The first-order chi connectivity index (χ1) is 15.3. The predicted molar refractivity (Wildman–Crippen MR) is 119 cm³/mol. The first-order valence-electron chi connectivity index (χ1n) is 9.87. The quantitative estimate of drug-likeness (QED) is 0.511. The highest BCUT2D eigenvalue weighted by Crippen LogP contribution is 2.36. The van der Waals surface area contributed by atoms with Gasteiger partial charge >= 0.3 is 6.18 Å². The van der Waals surface area contributed by atoms with Gasteiger partial charge in [0.2, 0.25) is 0 Å². The van der Waals surface area contributed by atoms with Crippen molar-refractivity contribution in [3.05, 3.63) is 63.4 Å². The molecule has 3 heterocycles. The Bertz CT molecular complexity index is 1260. The van der Waals surface area contributed by atoms with Crippen LogP contribution in [0.5, 0.6) is 5.75 Å². The van der Waals surface area contributed by atoms with E-state index in [1.165, 1.54) is 4.40 Å². The standard InChI is InChI=1S/C23H19BrF3N3O2/c1-28-22(31)16-6-7-18(21-15(16)8-11-32-21)29-9-2-4-14-12-19-17(24)5-3-10-30(19)20(14)13-23(25,26)27/h3,5-7,10,12,29H,8-9,11,13H2,1H3,(H,28,31). The van der Waals surface area contributed by atoms with E-state index in [1.807, 2.05) is 0 Å². The molecule has 2 aromatic heterocycles. The van der Waals surface area contributed by atoms with E-state index in [1.54, 1.807) is 43.6 Å². The van der Waals surface area contributed by atoms with E-state index in [-0.39, 0.29) is 18.1 Å². The van der Waals surface area contributed by atoms with E-state index in [9.17, 15) is 18.0 Å². The molecule has 0 aliphatic carbocycles. The van der Waals surface area contributed by atoms with Crippen molar-refractivity contribution in [2.75, 3.05) is 25.5 Å². The maximum atomic E-state index is 13.2. The summed E-state index contributed by atoms with van der Waals surface area (Å²) in [6.07, 6.45) is -3.20. The van der Waals surface area contributed by atoms with Gasteiger partial charge in [-0.1, -0.05) is 11.8 Å². The van der Waals surface area contributed by atoms with Crippen molar-refractivity contribution in [2.24, 2.45) is 0 Å². The van der Waals surface area contributed by atoms with E-state index in [0.717, 1.165) is 5.56 Å². The molecular weight excluding hydrogens is 487 g/mol. The van der Waals surface area contributed by atoms with Gasteiger partial charge in [0.15, 0.2) is 0 Å². The molecule has 0 bridgehead atoms. The molecule has 1 aromatic carbocycles. The summed E-state index contributed by atoms with van der Waals surface area (Å²) in [7, 11) is 1.57. The lowest BCUT2D eigenvalue weighted by atomic mass is 10.0. The Labute approximate surface area is 191 Å². The summed E-state index contributed by atoms with van der Waals surface area (Å²) in [5.74, 6) is 6.21. The van der Waals surface area contributed by atoms with Crippen LogP contribution in [0.2, 0.25) is 0 Å². The maximum Gasteiger partial charge on any atom is 0.394 e. The second-order valence-electron chi connectivity index (χ2n) is 7.21. The van der Waals surface area contributed by atoms with Crippen molar-refractivity contribution in [1.82, 2.24) is 9.72 Å². The lowest BCUT2D eigenvalue weighted by Crippen LogP contribution is -2.19. The topological polar surface area (TPSA) is 54.8 Å². The van der Waals surface area contributed by atoms with Crippen molar-refractivity contribution in [3.8, 4) is 17.6 Å². The van der Waals surface area contributed by atoms with Crippen molar-refractivity contribution in [3.63, 3.8) is 0 Å². The number of aromatic nitrogens is 1. The molecule has 0 atom stereocenters. The van der Waals surface area contributed by atoms with Gasteiger partial charge in [0.1, 0.15) is 5.75 Å². The molecule has 4 rings (SSSR count). The van der Waals surface area contributed by atoms with E-state index >= 15 is 0 Å². The molecule has 5 nitrogen and oxygen atoms in total. The number of carbonyl (C=O) groups is 1. The Hall–Kier alpha value is -3.12. The fraction of sp³-hybridized carbons (Fsp3) is 0.261. The first kappa shape index (κ1) is 22.1. The molecule has 2 N–H and O–H groups in total. The Morgan fingerprint density at radius 3 is 2.88 bits per heavy atom. The minimum atomic E-state index is -4.35. The highest BCUT2D eigenvalue weighted by atomic mass is 79.9. The number of halogens is 4. The molecule has 0 saturated carbocycles. The van der Waals surface area contributed by atoms with Gasteiger partial charge in [-0.2, -0.15) is 13.2 Å². The molecule has 3 aromatic rings. The molecule has 0 unspecified atom stereocenters. The molecule has 1 aliphatic heterocycles. The van der Waals surface area contributed by atoms with E-state index < -0.39 is 12.6 Å². The first-order valence-corrected chi connectivity index (χ1v) is 10.7. The van der Waals surface area contributed by atoms with Gasteiger partial charge in [-0.25, -0.2) is 0 Å². The summed E-state index contributed by atoms with van der Waals surface area (Å²) in [5.41, 5.74) is 3.14. The highest BCUT2D eigenvalue weighted by molar-refractivity contribution is 9.10. The number of hydrogen-bond acceptors (Lipinski definition) is 3. The van der Waals surface area contributed by atoms with Gasteiger partial charge in [0.25, 0.3) is 5.91 Å². The largest absolute Gasteiger partial charge is 0.491 e. The second kappa shape index (κ2) is 8.79.